The zero-order valence-corrected chi connectivity index (χ0v) is 19.6. The lowest BCUT2D eigenvalue weighted by Crippen LogP contribution is -2.39. The number of halogens is 3. The molecule has 2 aromatic rings. The number of anilines is 1. The van der Waals surface area contributed by atoms with E-state index in [9.17, 15) is 27.6 Å². The summed E-state index contributed by atoms with van der Waals surface area (Å²) in [5, 5.41) is 17.3. The van der Waals surface area contributed by atoms with E-state index < -0.39 is 24.8 Å². The van der Waals surface area contributed by atoms with Crippen LogP contribution >= 0.6 is 0 Å². The third-order valence-corrected chi connectivity index (χ3v) is 5.41. The van der Waals surface area contributed by atoms with E-state index in [1.54, 1.807) is 22.7 Å². The summed E-state index contributed by atoms with van der Waals surface area (Å²) in [6.07, 6.45) is -1.54. The van der Waals surface area contributed by atoms with E-state index in [1.807, 2.05) is 0 Å². The van der Waals surface area contributed by atoms with Crippen LogP contribution in [-0.2, 0) is 29.1 Å². The number of urea groups is 1. The van der Waals surface area contributed by atoms with Crippen molar-refractivity contribution in [2.24, 2.45) is 0 Å². The molecule has 3 heterocycles. The number of hydroxylamine groups is 2. The Labute approximate surface area is 204 Å². The highest BCUT2D eigenvalue weighted by Gasteiger charge is 2.33. The molecule has 2 aliphatic rings. The van der Waals surface area contributed by atoms with Crippen molar-refractivity contribution in [2.75, 3.05) is 39.1 Å². The fraction of sp³-hybridized carbons (Fsp3) is 0.409. The van der Waals surface area contributed by atoms with Crippen LogP contribution in [0, 0.1) is 17.1 Å². The smallest absolute Gasteiger partial charge is 0.322 e. The Morgan fingerprint density at radius 1 is 1.39 bits per heavy atom. The van der Waals surface area contributed by atoms with E-state index in [0.717, 1.165) is 16.7 Å². The summed E-state index contributed by atoms with van der Waals surface area (Å²) in [5.74, 6) is -0.943. The molecule has 0 saturated carbocycles. The van der Waals surface area contributed by atoms with Gasteiger partial charge in [0, 0.05) is 38.3 Å². The second-order valence-corrected chi connectivity index (χ2v) is 7.98. The molecule has 1 aromatic carbocycles. The lowest BCUT2D eigenvalue weighted by molar-refractivity contribution is -0.118. The number of nitriles is 1. The Balaban J connectivity index is 0.000000392. The van der Waals surface area contributed by atoms with Gasteiger partial charge >= 0.3 is 6.03 Å². The van der Waals surface area contributed by atoms with Crippen molar-refractivity contribution >= 4 is 24.0 Å². The molecule has 0 atom stereocenters. The third kappa shape index (κ3) is 6.11. The maximum Gasteiger partial charge on any atom is 0.322 e. The van der Waals surface area contributed by atoms with Crippen LogP contribution in [0.5, 0.6) is 0 Å². The first-order valence-electron chi connectivity index (χ1n) is 10.8. The lowest BCUT2D eigenvalue weighted by Gasteiger charge is -2.27. The molecule has 4 rings (SSSR count). The number of carbonyl (C=O) groups is 3. The Morgan fingerprint density at radius 3 is 2.78 bits per heavy atom. The van der Waals surface area contributed by atoms with Crippen LogP contribution < -0.4 is 5.32 Å². The average Bonchev–Trinajstić information content (AvgIpc) is 3.15. The van der Waals surface area contributed by atoms with E-state index in [1.165, 1.54) is 24.2 Å². The zero-order valence-electron chi connectivity index (χ0n) is 19.6. The van der Waals surface area contributed by atoms with Crippen LogP contribution in [0.25, 0.3) is 0 Å². The van der Waals surface area contributed by atoms with Crippen molar-refractivity contribution in [3.8, 4) is 6.07 Å². The number of hydrogen-bond acceptors (Lipinski definition) is 6. The minimum atomic E-state index is -2.43. The molecule has 192 valence electrons. The molecule has 0 radical (unpaired) electrons. The first-order valence-corrected chi connectivity index (χ1v) is 10.8. The molecule has 1 aromatic heterocycles. The van der Waals surface area contributed by atoms with Crippen LogP contribution in [0.1, 0.15) is 27.3 Å². The van der Waals surface area contributed by atoms with Crippen LogP contribution in [0.3, 0.4) is 0 Å². The topological polar surface area (TPSA) is 124 Å². The first-order chi connectivity index (χ1) is 17.1. The molecule has 0 fully saturated rings. The number of fused-ring (bicyclic) bond motifs is 3. The number of amides is 4. The van der Waals surface area contributed by atoms with Crippen molar-refractivity contribution in [1.82, 2.24) is 24.6 Å². The van der Waals surface area contributed by atoms with Gasteiger partial charge in [-0.15, -0.1) is 0 Å². The summed E-state index contributed by atoms with van der Waals surface area (Å²) in [4.78, 5) is 42.6. The summed E-state index contributed by atoms with van der Waals surface area (Å²) < 4.78 is 37.6. The number of rotatable bonds is 4. The van der Waals surface area contributed by atoms with Gasteiger partial charge in [-0.2, -0.15) is 10.4 Å². The minimum absolute atomic E-state index is 0.144. The molecule has 0 spiro atoms. The largest absolute Gasteiger partial charge is 0.343 e. The number of nitrogens with zero attached hydrogens (tertiary/aromatic N) is 6. The summed E-state index contributed by atoms with van der Waals surface area (Å²) in [5.41, 5.74) is 2.12. The third-order valence-electron chi connectivity index (χ3n) is 5.41. The average molecular weight is 507 g/mol. The van der Waals surface area contributed by atoms with Crippen molar-refractivity contribution in [2.45, 2.75) is 25.9 Å². The second kappa shape index (κ2) is 11.5. The number of carbonyl (C=O) groups excluding carboxylic acids is 3. The van der Waals surface area contributed by atoms with Gasteiger partial charge in [0.15, 0.2) is 0 Å². The number of benzene rings is 1. The van der Waals surface area contributed by atoms with E-state index in [0.29, 0.717) is 49.5 Å². The number of alkyl halides is 2. The van der Waals surface area contributed by atoms with Gasteiger partial charge in [0.2, 0.25) is 6.41 Å². The van der Waals surface area contributed by atoms with Gasteiger partial charge < -0.3 is 15.1 Å². The van der Waals surface area contributed by atoms with Gasteiger partial charge in [-0.3, -0.25) is 19.1 Å². The van der Waals surface area contributed by atoms with Crippen molar-refractivity contribution in [3.05, 3.63) is 46.5 Å². The summed E-state index contributed by atoms with van der Waals surface area (Å²) in [7, 11) is 2.85. The van der Waals surface area contributed by atoms with E-state index in [2.05, 4.69) is 10.4 Å². The molecular weight excluding hydrogens is 483 g/mol. The fourth-order valence-corrected chi connectivity index (χ4v) is 3.62. The number of hydrogen-bond donors (Lipinski definition) is 1. The van der Waals surface area contributed by atoms with Crippen LogP contribution in [0.2, 0.25) is 0 Å². The van der Waals surface area contributed by atoms with Crippen molar-refractivity contribution < 1.29 is 32.4 Å². The van der Waals surface area contributed by atoms with E-state index in [4.69, 9.17) is 10.1 Å². The molecule has 0 bridgehead atoms. The SMILES string of the molecule is CN(C=O)CC(F)F.CN1OCCn2nc3c(c2C1=O)CN(C(=O)Nc1ccc(F)c(C#N)c1)CC3. The highest BCUT2D eigenvalue weighted by atomic mass is 19.3. The minimum Gasteiger partial charge on any atom is -0.343 e. The summed E-state index contributed by atoms with van der Waals surface area (Å²) in [6, 6.07) is 5.16. The van der Waals surface area contributed by atoms with Crippen LogP contribution in [0.4, 0.5) is 23.7 Å². The van der Waals surface area contributed by atoms with Gasteiger partial charge in [0.05, 0.1) is 37.5 Å². The molecule has 36 heavy (non-hydrogen) atoms. The second-order valence-electron chi connectivity index (χ2n) is 7.98. The molecule has 2 aliphatic heterocycles. The maximum atomic E-state index is 13.5. The highest BCUT2D eigenvalue weighted by Crippen LogP contribution is 2.25. The van der Waals surface area contributed by atoms with Crippen LogP contribution in [-0.4, -0.2) is 83.2 Å². The fourth-order valence-electron chi connectivity index (χ4n) is 3.62. The predicted molar refractivity (Wildman–Crippen MR) is 119 cm³/mol. The Bertz CT molecular complexity index is 1180. The van der Waals surface area contributed by atoms with Gasteiger partial charge in [-0.05, 0) is 18.2 Å². The number of nitrogens with one attached hydrogen (secondary N) is 1. The van der Waals surface area contributed by atoms with Gasteiger partial charge in [0.1, 0.15) is 17.6 Å². The summed E-state index contributed by atoms with van der Waals surface area (Å²) in [6.45, 7) is 0.969. The van der Waals surface area contributed by atoms with Crippen molar-refractivity contribution in [1.29, 1.82) is 5.26 Å². The number of aromatic nitrogens is 2. The Morgan fingerprint density at radius 2 is 2.14 bits per heavy atom. The van der Waals surface area contributed by atoms with Crippen LogP contribution in [0.15, 0.2) is 18.2 Å². The van der Waals surface area contributed by atoms with E-state index in [-0.39, 0.29) is 18.0 Å². The molecule has 1 N–H and O–H groups in total. The molecule has 11 nitrogen and oxygen atoms in total. The standard InChI is InChI=1S/C18H17FN6O3.C4H7F2NO/c1-23-17(26)16-13-10-24(5-4-15(13)22-25(16)6-7-28-23)18(27)21-12-2-3-14(19)11(8-12)9-20;1-7(3-8)2-4(5)6/h2-3,8H,4-7,10H2,1H3,(H,21,27);3-4H,2H2,1H3. The Hall–Kier alpha value is -4.12. The van der Waals surface area contributed by atoms with Gasteiger partial charge in [-0.25, -0.2) is 23.0 Å². The van der Waals surface area contributed by atoms with Gasteiger partial charge in [-0.1, -0.05) is 0 Å². The lowest BCUT2D eigenvalue weighted by atomic mass is 10.1. The maximum absolute atomic E-state index is 13.5. The molecule has 0 saturated heterocycles. The van der Waals surface area contributed by atoms with Gasteiger partial charge in [0.25, 0.3) is 12.3 Å². The predicted octanol–water partition coefficient (Wildman–Crippen LogP) is 1.84. The molecule has 14 heteroatoms. The summed E-state index contributed by atoms with van der Waals surface area (Å²) >= 11 is 0. The first kappa shape index (κ1) is 26.5. The molecule has 0 aliphatic carbocycles. The quantitative estimate of drug-likeness (QED) is 0.630. The van der Waals surface area contributed by atoms with Crippen molar-refractivity contribution in [3.63, 3.8) is 0 Å². The molecular formula is C22H24F3N7O4. The Kier molecular flexibility index (Phi) is 8.49. The zero-order chi connectivity index (χ0) is 26.4. The van der Waals surface area contributed by atoms with E-state index >= 15 is 0 Å². The normalized spacial score (nSPS) is 14.6. The molecule has 4 amide bonds. The molecule has 0 unspecified atom stereocenters. The highest BCUT2D eigenvalue weighted by molar-refractivity contribution is 5.94. The monoisotopic (exact) mass is 507 g/mol.